The predicted octanol–water partition coefficient (Wildman–Crippen LogP) is 3.44. The van der Waals surface area contributed by atoms with E-state index in [0.29, 0.717) is 0 Å². The van der Waals surface area contributed by atoms with Crippen LogP contribution in [-0.2, 0) is 23.6 Å². The van der Waals surface area contributed by atoms with Gasteiger partial charge in [-0.05, 0) is 53.7 Å². The van der Waals surface area contributed by atoms with E-state index in [0.717, 1.165) is 0 Å². The molecule has 0 radical (unpaired) electrons. The lowest BCUT2D eigenvalue weighted by Gasteiger charge is -2.22. The van der Waals surface area contributed by atoms with Gasteiger partial charge in [0.05, 0.1) is 15.8 Å². The van der Waals surface area contributed by atoms with E-state index in [1.54, 1.807) is 41.5 Å². The first-order chi connectivity index (χ1) is 14.6. The van der Waals surface area contributed by atoms with Crippen molar-refractivity contribution in [2.24, 2.45) is 10.8 Å². The van der Waals surface area contributed by atoms with E-state index in [9.17, 15) is 24.3 Å². The van der Waals surface area contributed by atoms with Gasteiger partial charge >= 0.3 is 19.6 Å². The minimum Gasteiger partial charge on any atom is -0.464 e. The van der Waals surface area contributed by atoms with Crippen LogP contribution < -0.4 is 14.7 Å². The standard InChI is InChI=1S/C20H32N3O8P/c1-19(2,3)17(24)29-13-11-21-32(28,22-12-14-30-18(25)20(4,5)6)31-16-9-7-15(8-10-16)23(26)27/h7-10H,11-14H2,1-6H3,(H2,21,22,28). The van der Waals surface area contributed by atoms with Crippen molar-refractivity contribution in [2.45, 2.75) is 41.5 Å². The Hall–Kier alpha value is -2.49. The summed E-state index contributed by atoms with van der Waals surface area (Å²) in [6, 6.07) is 5.06. The summed E-state index contributed by atoms with van der Waals surface area (Å²) in [4.78, 5) is 33.9. The third-order valence-electron chi connectivity index (χ3n) is 3.82. The fourth-order valence-electron chi connectivity index (χ4n) is 2.00. The molecular formula is C20H32N3O8P. The second-order valence-corrected chi connectivity index (χ2v) is 10.9. The summed E-state index contributed by atoms with van der Waals surface area (Å²) in [6.07, 6.45) is 0. The largest absolute Gasteiger partial charge is 0.464 e. The fourth-order valence-corrected chi connectivity index (χ4v) is 3.43. The van der Waals surface area contributed by atoms with E-state index >= 15 is 0 Å². The molecule has 0 aliphatic rings. The van der Waals surface area contributed by atoms with Gasteiger partial charge in [0, 0.05) is 25.2 Å². The first-order valence-corrected chi connectivity index (χ1v) is 11.7. The van der Waals surface area contributed by atoms with Crippen molar-refractivity contribution < 1.29 is 33.1 Å². The van der Waals surface area contributed by atoms with Crippen LogP contribution in [0, 0.1) is 20.9 Å². The number of nitro benzene ring substituents is 1. The van der Waals surface area contributed by atoms with Gasteiger partial charge < -0.3 is 14.0 Å². The highest BCUT2D eigenvalue weighted by Crippen LogP contribution is 2.38. The van der Waals surface area contributed by atoms with Crippen LogP contribution in [0.15, 0.2) is 24.3 Å². The highest BCUT2D eigenvalue weighted by Gasteiger charge is 2.27. The number of nitrogens with one attached hydrogen (secondary N) is 2. The van der Waals surface area contributed by atoms with E-state index in [1.807, 2.05) is 0 Å². The molecule has 11 nitrogen and oxygen atoms in total. The second kappa shape index (κ2) is 11.4. The average Bonchev–Trinajstić information content (AvgIpc) is 2.67. The van der Waals surface area contributed by atoms with E-state index in [4.69, 9.17) is 14.0 Å². The monoisotopic (exact) mass is 473 g/mol. The zero-order valence-corrected chi connectivity index (χ0v) is 20.2. The van der Waals surface area contributed by atoms with Gasteiger partial charge in [-0.3, -0.25) is 19.7 Å². The SMILES string of the molecule is CC(C)(C)C(=O)OCCNP(=O)(NCCOC(=O)C(C)(C)C)Oc1ccc([N+](=O)[O-])cc1. The Balaban J connectivity index is 2.75. The lowest BCUT2D eigenvalue weighted by molar-refractivity contribution is -0.384. The van der Waals surface area contributed by atoms with Crippen LogP contribution in [0.4, 0.5) is 5.69 Å². The van der Waals surface area contributed by atoms with Gasteiger partial charge in [0.15, 0.2) is 0 Å². The molecule has 0 unspecified atom stereocenters. The highest BCUT2D eigenvalue weighted by molar-refractivity contribution is 7.55. The normalized spacial score (nSPS) is 12.2. The van der Waals surface area contributed by atoms with E-state index in [-0.39, 0.29) is 37.7 Å². The molecule has 0 heterocycles. The molecule has 0 amide bonds. The molecule has 1 aromatic rings. The summed E-state index contributed by atoms with van der Waals surface area (Å²) < 4.78 is 29.0. The lowest BCUT2D eigenvalue weighted by Crippen LogP contribution is -2.33. The summed E-state index contributed by atoms with van der Waals surface area (Å²) in [5, 5.41) is 16.2. The molecule has 0 fully saturated rings. The fraction of sp³-hybridized carbons (Fsp3) is 0.600. The lowest BCUT2D eigenvalue weighted by atomic mass is 9.97. The average molecular weight is 473 g/mol. The Morgan fingerprint density at radius 1 is 0.906 bits per heavy atom. The van der Waals surface area contributed by atoms with Gasteiger partial charge in [0.25, 0.3) is 5.69 Å². The zero-order valence-electron chi connectivity index (χ0n) is 19.3. The Kier molecular flexibility index (Phi) is 9.81. The third-order valence-corrected chi connectivity index (χ3v) is 5.56. The summed E-state index contributed by atoms with van der Waals surface area (Å²) in [5.41, 5.74) is -1.49. The van der Waals surface area contributed by atoms with Gasteiger partial charge in [0.1, 0.15) is 19.0 Å². The van der Waals surface area contributed by atoms with Crippen molar-refractivity contribution in [3.63, 3.8) is 0 Å². The quantitative estimate of drug-likeness (QED) is 0.161. The molecule has 2 N–H and O–H groups in total. The summed E-state index contributed by atoms with van der Waals surface area (Å²) in [6.45, 7) is 10.2. The molecule has 180 valence electrons. The van der Waals surface area contributed by atoms with Crippen LogP contribution in [0.1, 0.15) is 41.5 Å². The van der Waals surface area contributed by atoms with Gasteiger partial charge in [-0.15, -0.1) is 0 Å². The number of benzene rings is 1. The Bertz CT molecular complexity index is 806. The summed E-state index contributed by atoms with van der Waals surface area (Å²) in [7, 11) is -3.73. The van der Waals surface area contributed by atoms with Gasteiger partial charge in [-0.1, -0.05) is 0 Å². The van der Waals surface area contributed by atoms with Crippen LogP contribution in [0.2, 0.25) is 0 Å². The first kappa shape index (κ1) is 27.5. The maximum absolute atomic E-state index is 13.2. The minimum absolute atomic E-state index is 0.0147. The molecular weight excluding hydrogens is 441 g/mol. The highest BCUT2D eigenvalue weighted by atomic mass is 31.2. The number of carbonyl (C=O) groups is 2. The van der Waals surface area contributed by atoms with Crippen molar-refractivity contribution in [1.82, 2.24) is 10.2 Å². The van der Waals surface area contributed by atoms with Crippen LogP contribution in [0.25, 0.3) is 0 Å². The number of nitrogens with zero attached hydrogens (tertiary/aromatic N) is 1. The van der Waals surface area contributed by atoms with E-state index < -0.39 is 35.4 Å². The van der Waals surface area contributed by atoms with Gasteiger partial charge in [-0.2, -0.15) is 0 Å². The topological polar surface area (TPSA) is 146 Å². The van der Waals surface area contributed by atoms with Gasteiger partial charge in [0.2, 0.25) is 0 Å². The molecule has 1 aromatic carbocycles. The maximum atomic E-state index is 13.2. The van der Waals surface area contributed by atoms with Crippen molar-refractivity contribution in [1.29, 1.82) is 0 Å². The second-order valence-electron chi connectivity index (χ2n) is 8.98. The molecule has 0 saturated carbocycles. The maximum Gasteiger partial charge on any atom is 0.390 e. The van der Waals surface area contributed by atoms with E-state index in [2.05, 4.69) is 10.2 Å². The number of non-ortho nitro benzene ring substituents is 1. The number of nitro groups is 1. The molecule has 1 rings (SSSR count). The molecule has 0 atom stereocenters. The number of carbonyl (C=O) groups excluding carboxylic acids is 2. The van der Waals surface area contributed by atoms with Crippen LogP contribution in [0.3, 0.4) is 0 Å². The van der Waals surface area contributed by atoms with Gasteiger partial charge in [-0.25, -0.2) is 14.7 Å². The van der Waals surface area contributed by atoms with Crippen molar-refractivity contribution in [3.05, 3.63) is 34.4 Å². The van der Waals surface area contributed by atoms with Crippen molar-refractivity contribution in [3.8, 4) is 5.75 Å². The van der Waals surface area contributed by atoms with Crippen molar-refractivity contribution >= 4 is 25.3 Å². The summed E-state index contributed by atoms with van der Waals surface area (Å²) >= 11 is 0. The van der Waals surface area contributed by atoms with Crippen LogP contribution in [0.5, 0.6) is 5.75 Å². The molecule has 0 spiro atoms. The van der Waals surface area contributed by atoms with Crippen LogP contribution >= 0.6 is 7.67 Å². The Morgan fingerprint density at radius 2 is 1.31 bits per heavy atom. The smallest absolute Gasteiger partial charge is 0.390 e. The number of hydrogen-bond acceptors (Lipinski definition) is 8. The zero-order chi connectivity index (χ0) is 24.6. The molecule has 0 aliphatic heterocycles. The predicted molar refractivity (Wildman–Crippen MR) is 118 cm³/mol. The number of esters is 2. The number of hydrogen-bond donors (Lipinski definition) is 2. The molecule has 0 saturated heterocycles. The molecule has 12 heteroatoms. The number of ether oxygens (including phenoxy) is 2. The summed E-state index contributed by atoms with van der Waals surface area (Å²) in [5.74, 6) is -0.697. The van der Waals surface area contributed by atoms with E-state index in [1.165, 1.54) is 24.3 Å². The number of rotatable bonds is 11. The molecule has 32 heavy (non-hydrogen) atoms. The third kappa shape index (κ3) is 9.76. The van der Waals surface area contributed by atoms with Crippen LogP contribution in [-0.4, -0.2) is 43.2 Å². The Morgan fingerprint density at radius 3 is 1.66 bits per heavy atom. The molecule has 0 bridgehead atoms. The van der Waals surface area contributed by atoms with Crippen molar-refractivity contribution in [2.75, 3.05) is 26.3 Å². The Labute approximate surface area is 187 Å². The molecule has 0 aromatic heterocycles. The minimum atomic E-state index is -3.73. The first-order valence-electron chi connectivity index (χ1n) is 10.0. The molecule has 0 aliphatic carbocycles.